The number of rotatable bonds is 3. The molecule has 0 unspecified atom stereocenters. The number of halogens is 1. The van der Waals surface area contributed by atoms with Crippen molar-refractivity contribution in [3.8, 4) is 5.75 Å². The van der Waals surface area contributed by atoms with E-state index in [1.54, 1.807) is 7.11 Å². The molecule has 0 saturated heterocycles. The van der Waals surface area contributed by atoms with Gasteiger partial charge in [0.1, 0.15) is 5.75 Å². The Bertz CT molecular complexity index is 576. The molecule has 0 radical (unpaired) electrons. The zero-order chi connectivity index (χ0) is 15.0. The third-order valence-electron chi connectivity index (χ3n) is 5.11. The lowest BCUT2D eigenvalue weighted by molar-refractivity contribution is -0.147. The summed E-state index contributed by atoms with van der Waals surface area (Å²) in [5.41, 5.74) is 2.50. The van der Waals surface area contributed by atoms with E-state index in [0.717, 1.165) is 37.7 Å². The Kier molecular flexibility index (Phi) is 3.87. The van der Waals surface area contributed by atoms with Gasteiger partial charge in [0.05, 0.1) is 17.5 Å². The van der Waals surface area contributed by atoms with Crippen molar-refractivity contribution in [2.75, 3.05) is 7.11 Å². The van der Waals surface area contributed by atoms with Crippen LogP contribution in [0.15, 0.2) is 6.07 Å². The fraction of sp³-hybridized carbons (Fsp3) is 0.588. The number of hydrogen-bond acceptors (Lipinski definition) is 2. The molecule has 3 nitrogen and oxygen atoms in total. The molecule has 0 bridgehead atoms. The number of aryl methyl sites for hydroxylation is 1. The summed E-state index contributed by atoms with van der Waals surface area (Å²) in [5.74, 6) is -0.153. The molecule has 3 rings (SSSR count). The van der Waals surface area contributed by atoms with Gasteiger partial charge in [-0.3, -0.25) is 4.79 Å². The molecule has 0 aliphatic heterocycles. The number of carboxylic acid groups (broad SMARTS) is 1. The van der Waals surface area contributed by atoms with Crippen LogP contribution in [0.4, 0.5) is 0 Å². The highest BCUT2D eigenvalue weighted by Crippen LogP contribution is 2.52. The van der Waals surface area contributed by atoms with Crippen molar-refractivity contribution >= 4 is 17.6 Å². The van der Waals surface area contributed by atoms with Crippen LogP contribution in [-0.2, 0) is 23.1 Å². The summed E-state index contributed by atoms with van der Waals surface area (Å²) < 4.78 is 5.52. The number of aliphatic carboxylic acids is 1. The third-order valence-corrected chi connectivity index (χ3v) is 5.39. The largest absolute Gasteiger partial charge is 0.495 e. The second-order valence-corrected chi connectivity index (χ2v) is 6.61. The van der Waals surface area contributed by atoms with E-state index < -0.39 is 11.4 Å². The molecule has 2 aliphatic carbocycles. The molecule has 0 spiro atoms. The van der Waals surface area contributed by atoms with Gasteiger partial charge in [-0.2, -0.15) is 0 Å². The van der Waals surface area contributed by atoms with Crippen molar-refractivity contribution in [3.05, 3.63) is 27.8 Å². The Balaban J connectivity index is 2.25. The van der Waals surface area contributed by atoms with Gasteiger partial charge in [-0.25, -0.2) is 0 Å². The zero-order valence-electron chi connectivity index (χ0n) is 12.4. The van der Waals surface area contributed by atoms with E-state index in [1.807, 2.05) is 6.07 Å². The van der Waals surface area contributed by atoms with Crippen LogP contribution >= 0.6 is 11.6 Å². The Morgan fingerprint density at radius 3 is 2.52 bits per heavy atom. The maximum absolute atomic E-state index is 12.0. The lowest BCUT2D eigenvalue weighted by Crippen LogP contribution is -2.43. The van der Waals surface area contributed by atoms with Gasteiger partial charge in [-0.15, -0.1) is 0 Å². The zero-order valence-corrected chi connectivity index (χ0v) is 13.1. The first-order valence-electron chi connectivity index (χ1n) is 7.72. The predicted molar refractivity (Wildman–Crippen MR) is 82.4 cm³/mol. The van der Waals surface area contributed by atoms with Crippen LogP contribution in [0.3, 0.4) is 0 Å². The topological polar surface area (TPSA) is 46.5 Å². The molecule has 0 heterocycles. The van der Waals surface area contributed by atoms with Gasteiger partial charge in [0, 0.05) is 5.56 Å². The average molecular weight is 309 g/mol. The van der Waals surface area contributed by atoms with Crippen molar-refractivity contribution in [1.29, 1.82) is 0 Å². The highest BCUT2D eigenvalue weighted by Gasteiger charge is 2.49. The minimum absolute atomic E-state index is 0.556. The van der Waals surface area contributed by atoms with E-state index in [-0.39, 0.29) is 0 Å². The number of benzene rings is 1. The van der Waals surface area contributed by atoms with Crippen molar-refractivity contribution in [2.45, 2.75) is 56.8 Å². The van der Waals surface area contributed by atoms with Crippen LogP contribution < -0.4 is 4.74 Å². The van der Waals surface area contributed by atoms with Gasteiger partial charge < -0.3 is 9.84 Å². The molecular weight excluding hydrogens is 288 g/mol. The number of ether oxygens (including phenoxy) is 1. The van der Waals surface area contributed by atoms with E-state index in [0.29, 0.717) is 23.6 Å². The molecular formula is C17H21ClO3. The molecule has 0 aromatic heterocycles. The SMILES string of the molecule is COc1c(Cl)cc2c(c1C1(C(=O)O)CCC1)CCCCC2. The first-order valence-corrected chi connectivity index (χ1v) is 8.10. The molecule has 0 amide bonds. The van der Waals surface area contributed by atoms with Gasteiger partial charge >= 0.3 is 5.97 Å². The molecule has 0 atom stereocenters. The number of hydrogen-bond donors (Lipinski definition) is 1. The fourth-order valence-corrected chi connectivity index (χ4v) is 4.14. The molecule has 1 N–H and O–H groups in total. The van der Waals surface area contributed by atoms with Crippen LogP contribution in [-0.4, -0.2) is 18.2 Å². The summed E-state index contributed by atoms with van der Waals surface area (Å²) in [6.07, 6.45) is 7.70. The Hall–Kier alpha value is -1.22. The summed E-state index contributed by atoms with van der Waals surface area (Å²) in [4.78, 5) is 12.0. The quantitative estimate of drug-likeness (QED) is 0.854. The first kappa shape index (κ1) is 14.7. The lowest BCUT2D eigenvalue weighted by atomic mass is 9.62. The smallest absolute Gasteiger partial charge is 0.314 e. The van der Waals surface area contributed by atoms with E-state index >= 15 is 0 Å². The number of carboxylic acids is 1. The number of fused-ring (bicyclic) bond motifs is 1. The standard InChI is InChI=1S/C17H21ClO3/c1-21-15-13(18)10-11-6-3-2-4-7-12(11)14(15)17(16(19)20)8-5-9-17/h10H,2-9H2,1H3,(H,19,20). The Morgan fingerprint density at radius 2 is 1.95 bits per heavy atom. The minimum Gasteiger partial charge on any atom is -0.495 e. The van der Waals surface area contributed by atoms with Gasteiger partial charge in [-0.05, 0) is 55.7 Å². The predicted octanol–water partition coefficient (Wildman–Crippen LogP) is 4.12. The van der Waals surface area contributed by atoms with Gasteiger partial charge in [0.2, 0.25) is 0 Å². The summed E-state index contributed by atoms with van der Waals surface area (Å²) >= 11 is 6.39. The van der Waals surface area contributed by atoms with Crippen LogP contribution in [0, 0.1) is 0 Å². The number of methoxy groups -OCH3 is 1. The maximum Gasteiger partial charge on any atom is 0.314 e. The second kappa shape index (κ2) is 5.53. The highest BCUT2D eigenvalue weighted by molar-refractivity contribution is 6.32. The van der Waals surface area contributed by atoms with Crippen LogP contribution in [0.5, 0.6) is 5.75 Å². The van der Waals surface area contributed by atoms with Gasteiger partial charge in [0.15, 0.2) is 0 Å². The third kappa shape index (κ3) is 2.22. The van der Waals surface area contributed by atoms with Crippen LogP contribution in [0.1, 0.15) is 55.2 Å². The number of carbonyl (C=O) groups is 1. The van der Waals surface area contributed by atoms with Crippen LogP contribution in [0.25, 0.3) is 0 Å². The van der Waals surface area contributed by atoms with Crippen molar-refractivity contribution in [1.82, 2.24) is 0 Å². The minimum atomic E-state index is -0.787. The Morgan fingerprint density at radius 1 is 1.24 bits per heavy atom. The molecule has 21 heavy (non-hydrogen) atoms. The summed E-state index contributed by atoms with van der Waals surface area (Å²) in [5, 5.41) is 10.4. The molecule has 114 valence electrons. The van der Waals surface area contributed by atoms with Crippen molar-refractivity contribution in [3.63, 3.8) is 0 Å². The molecule has 1 fully saturated rings. The molecule has 1 saturated carbocycles. The van der Waals surface area contributed by atoms with Crippen molar-refractivity contribution < 1.29 is 14.6 Å². The summed E-state index contributed by atoms with van der Waals surface area (Å²) in [7, 11) is 1.59. The first-order chi connectivity index (χ1) is 10.1. The van der Waals surface area contributed by atoms with E-state index in [1.165, 1.54) is 17.5 Å². The van der Waals surface area contributed by atoms with Crippen molar-refractivity contribution in [2.24, 2.45) is 0 Å². The monoisotopic (exact) mass is 308 g/mol. The van der Waals surface area contributed by atoms with Crippen LogP contribution in [0.2, 0.25) is 5.02 Å². The molecule has 1 aromatic rings. The Labute approximate surface area is 130 Å². The maximum atomic E-state index is 12.0. The van der Waals surface area contributed by atoms with E-state index in [9.17, 15) is 9.90 Å². The summed E-state index contributed by atoms with van der Waals surface area (Å²) in [6, 6.07) is 1.98. The van der Waals surface area contributed by atoms with E-state index in [2.05, 4.69) is 0 Å². The van der Waals surface area contributed by atoms with Gasteiger partial charge in [-0.1, -0.05) is 24.4 Å². The molecule has 4 heteroatoms. The van der Waals surface area contributed by atoms with Gasteiger partial charge in [0.25, 0.3) is 0 Å². The molecule has 1 aromatic carbocycles. The fourth-order valence-electron chi connectivity index (χ4n) is 3.83. The average Bonchev–Trinajstić information content (AvgIpc) is 2.61. The highest BCUT2D eigenvalue weighted by atomic mass is 35.5. The normalized spacial score (nSPS) is 20.1. The molecule has 2 aliphatic rings. The second-order valence-electron chi connectivity index (χ2n) is 6.21. The lowest BCUT2D eigenvalue weighted by Gasteiger charge is -2.41. The van der Waals surface area contributed by atoms with E-state index in [4.69, 9.17) is 16.3 Å². The summed E-state index contributed by atoms with van der Waals surface area (Å²) in [6.45, 7) is 0.